The highest BCUT2D eigenvalue weighted by atomic mass is 32.2. The number of nitrogens with zero attached hydrogens (tertiary/aromatic N) is 1. The summed E-state index contributed by atoms with van der Waals surface area (Å²) in [6.07, 6.45) is 0.174. The largest absolute Gasteiger partial charge is 0.416 e. The Bertz CT molecular complexity index is 1400. The molecule has 1 aliphatic carbocycles. The first kappa shape index (κ1) is 27.7. The van der Waals surface area contributed by atoms with Crippen LogP contribution in [-0.4, -0.2) is 20.9 Å². The summed E-state index contributed by atoms with van der Waals surface area (Å²) in [5.74, 6) is -0.609. The van der Waals surface area contributed by atoms with Crippen molar-refractivity contribution in [1.29, 1.82) is 0 Å². The zero-order valence-electron chi connectivity index (χ0n) is 21.4. The fourth-order valence-electron chi connectivity index (χ4n) is 4.75. The molecule has 5 nitrogen and oxygen atoms in total. The van der Waals surface area contributed by atoms with Crippen molar-refractivity contribution in [2.45, 2.75) is 63.1 Å². The number of fused-ring (bicyclic) bond motifs is 1. The minimum Gasteiger partial charge on any atom is -0.348 e. The predicted octanol–water partition coefficient (Wildman–Crippen LogP) is 6.36. The summed E-state index contributed by atoms with van der Waals surface area (Å²) < 4.78 is 68.2. The van der Waals surface area contributed by atoms with Gasteiger partial charge in [0.25, 0.3) is 10.0 Å². The smallest absolute Gasteiger partial charge is 0.348 e. The third-order valence-corrected chi connectivity index (χ3v) is 8.66. The lowest BCUT2D eigenvalue weighted by Gasteiger charge is -2.27. The first-order chi connectivity index (χ1) is 18.0. The summed E-state index contributed by atoms with van der Waals surface area (Å²) in [7, 11) is -4.34. The number of amides is 1. The van der Waals surface area contributed by atoms with Gasteiger partial charge in [-0.3, -0.25) is 9.10 Å². The number of benzene rings is 3. The highest BCUT2D eigenvalue weighted by molar-refractivity contribution is 7.92. The van der Waals surface area contributed by atoms with E-state index in [1.54, 1.807) is 19.1 Å². The van der Waals surface area contributed by atoms with Crippen LogP contribution in [0, 0.1) is 6.92 Å². The fourth-order valence-corrected chi connectivity index (χ4v) is 6.16. The lowest BCUT2D eigenvalue weighted by atomic mass is 9.89. The maximum absolute atomic E-state index is 13.6. The molecule has 0 radical (unpaired) electrons. The average Bonchev–Trinajstić information content (AvgIpc) is 2.90. The van der Waals surface area contributed by atoms with Crippen molar-refractivity contribution in [3.63, 3.8) is 0 Å². The van der Waals surface area contributed by atoms with Gasteiger partial charge >= 0.3 is 6.18 Å². The first-order valence-corrected chi connectivity index (χ1v) is 14.1. The highest BCUT2D eigenvalue weighted by Crippen LogP contribution is 2.33. The number of alkyl halides is 3. The summed E-state index contributed by atoms with van der Waals surface area (Å²) in [5, 5.41) is 2.90. The number of sulfonamides is 1. The maximum atomic E-state index is 13.6. The van der Waals surface area contributed by atoms with Gasteiger partial charge in [-0.15, -0.1) is 0 Å². The van der Waals surface area contributed by atoms with Gasteiger partial charge in [-0.05, 0) is 86.1 Å². The molecule has 0 fully saturated rings. The Hall–Kier alpha value is -3.33. The lowest BCUT2D eigenvalue weighted by molar-refractivity contribution is -0.137. The zero-order chi connectivity index (χ0) is 27.5. The minimum absolute atomic E-state index is 0.116. The molecule has 0 aromatic heterocycles. The van der Waals surface area contributed by atoms with Crippen LogP contribution in [0.15, 0.2) is 71.6 Å². The molecule has 0 heterocycles. The van der Waals surface area contributed by atoms with E-state index in [1.165, 1.54) is 29.3 Å². The molecule has 1 amide bonds. The van der Waals surface area contributed by atoms with Gasteiger partial charge < -0.3 is 5.32 Å². The van der Waals surface area contributed by atoms with E-state index in [0.29, 0.717) is 6.42 Å². The molecule has 0 unspecified atom stereocenters. The Morgan fingerprint density at radius 2 is 1.66 bits per heavy atom. The van der Waals surface area contributed by atoms with Crippen molar-refractivity contribution in [2.24, 2.45) is 0 Å². The topological polar surface area (TPSA) is 66.5 Å². The van der Waals surface area contributed by atoms with E-state index in [0.717, 1.165) is 59.3 Å². The molecular formula is C29H31F3N2O3S. The molecule has 1 aliphatic rings. The van der Waals surface area contributed by atoms with Crippen LogP contribution in [0.3, 0.4) is 0 Å². The van der Waals surface area contributed by atoms with Crippen molar-refractivity contribution >= 4 is 21.6 Å². The Kier molecular flexibility index (Phi) is 8.16. The SMILES string of the molecule is CC[C@@H](NC(=O)CN(c1cccc(C(F)(F)F)c1)S(=O)(=O)c1ccc(C)cc1)c1ccc2c(c1)CCCC2. The molecule has 0 bridgehead atoms. The van der Waals surface area contributed by atoms with Gasteiger partial charge in [0.15, 0.2) is 0 Å². The molecule has 1 atom stereocenters. The number of anilines is 1. The number of nitrogens with one attached hydrogen (secondary N) is 1. The van der Waals surface area contributed by atoms with Crippen LogP contribution >= 0.6 is 0 Å². The van der Waals surface area contributed by atoms with Crippen LogP contribution in [0.1, 0.15) is 60.0 Å². The van der Waals surface area contributed by atoms with Gasteiger partial charge in [-0.2, -0.15) is 13.2 Å². The predicted molar refractivity (Wildman–Crippen MR) is 141 cm³/mol. The standard InChI is InChI=1S/C29H31F3N2O3S/c1-3-27(23-14-13-21-7-4-5-8-22(21)17-23)33-28(35)19-34(25-10-6-9-24(18-25)29(30,31)32)38(36,37)26-15-11-20(2)12-16-26/h6,9-18,27H,3-5,7-8,19H2,1-2H3,(H,33,35)/t27-/m1/s1. The Morgan fingerprint density at radius 1 is 0.974 bits per heavy atom. The number of carbonyl (C=O) groups is 1. The van der Waals surface area contributed by atoms with Gasteiger partial charge in [0, 0.05) is 0 Å². The Balaban J connectivity index is 1.65. The molecule has 0 aliphatic heterocycles. The molecule has 0 spiro atoms. The number of aryl methyl sites for hydroxylation is 3. The molecule has 202 valence electrons. The van der Waals surface area contributed by atoms with E-state index >= 15 is 0 Å². The summed E-state index contributed by atoms with van der Waals surface area (Å²) in [6.45, 7) is 3.04. The third-order valence-electron chi connectivity index (χ3n) is 6.88. The molecular weight excluding hydrogens is 513 g/mol. The molecule has 3 aromatic rings. The van der Waals surface area contributed by atoms with Gasteiger partial charge in [-0.25, -0.2) is 8.42 Å². The summed E-state index contributed by atoms with van der Waals surface area (Å²) in [6, 6.07) is 15.8. The normalized spacial score (nSPS) is 14.4. The summed E-state index contributed by atoms with van der Waals surface area (Å²) in [5.41, 5.74) is 3.07. The van der Waals surface area contributed by atoms with Gasteiger partial charge in [0.05, 0.1) is 22.2 Å². The van der Waals surface area contributed by atoms with Crippen LogP contribution in [0.4, 0.5) is 18.9 Å². The van der Waals surface area contributed by atoms with E-state index in [-0.39, 0.29) is 16.6 Å². The molecule has 3 aromatic carbocycles. The van der Waals surface area contributed by atoms with Gasteiger partial charge in [0.2, 0.25) is 5.91 Å². The molecule has 0 saturated heterocycles. The number of halogens is 3. The summed E-state index contributed by atoms with van der Waals surface area (Å²) in [4.78, 5) is 13.1. The van der Waals surface area contributed by atoms with Crippen molar-refractivity contribution in [2.75, 3.05) is 10.8 Å². The van der Waals surface area contributed by atoms with Crippen LogP contribution < -0.4 is 9.62 Å². The van der Waals surface area contributed by atoms with Crippen molar-refractivity contribution < 1.29 is 26.4 Å². The second kappa shape index (κ2) is 11.2. The first-order valence-electron chi connectivity index (χ1n) is 12.7. The van der Waals surface area contributed by atoms with E-state index in [1.807, 2.05) is 13.0 Å². The van der Waals surface area contributed by atoms with E-state index < -0.39 is 34.2 Å². The molecule has 38 heavy (non-hydrogen) atoms. The Labute approximate surface area is 221 Å². The maximum Gasteiger partial charge on any atom is 0.416 e. The van der Waals surface area contributed by atoms with Crippen LogP contribution in [0.5, 0.6) is 0 Å². The Morgan fingerprint density at radius 3 is 2.32 bits per heavy atom. The second-order valence-corrected chi connectivity index (χ2v) is 11.5. The quantitative estimate of drug-likeness (QED) is 0.359. The fraction of sp³-hybridized carbons (Fsp3) is 0.345. The summed E-state index contributed by atoms with van der Waals surface area (Å²) >= 11 is 0. The van der Waals surface area contributed by atoms with Crippen LogP contribution in [-0.2, 0) is 33.8 Å². The van der Waals surface area contributed by atoms with E-state index in [4.69, 9.17) is 0 Å². The van der Waals surface area contributed by atoms with Crippen LogP contribution in [0.2, 0.25) is 0 Å². The molecule has 1 N–H and O–H groups in total. The van der Waals surface area contributed by atoms with E-state index in [2.05, 4.69) is 17.4 Å². The van der Waals surface area contributed by atoms with Crippen molar-refractivity contribution in [1.82, 2.24) is 5.32 Å². The lowest BCUT2D eigenvalue weighted by Crippen LogP contribution is -2.42. The number of hydrogen-bond acceptors (Lipinski definition) is 3. The van der Waals surface area contributed by atoms with Gasteiger partial charge in [0.1, 0.15) is 6.54 Å². The average molecular weight is 545 g/mol. The van der Waals surface area contributed by atoms with E-state index in [9.17, 15) is 26.4 Å². The highest BCUT2D eigenvalue weighted by Gasteiger charge is 2.33. The third kappa shape index (κ3) is 6.20. The van der Waals surface area contributed by atoms with Gasteiger partial charge in [-0.1, -0.05) is 48.9 Å². The second-order valence-electron chi connectivity index (χ2n) is 9.64. The zero-order valence-corrected chi connectivity index (χ0v) is 22.2. The monoisotopic (exact) mass is 544 g/mol. The van der Waals surface area contributed by atoms with Crippen molar-refractivity contribution in [3.8, 4) is 0 Å². The number of rotatable bonds is 8. The molecule has 4 rings (SSSR count). The van der Waals surface area contributed by atoms with Crippen LogP contribution in [0.25, 0.3) is 0 Å². The molecule has 0 saturated carbocycles. The van der Waals surface area contributed by atoms with Crippen molar-refractivity contribution in [3.05, 3.63) is 94.5 Å². The number of carbonyl (C=O) groups excluding carboxylic acids is 1. The minimum atomic E-state index is -4.67. The number of hydrogen-bond donors (Lipinski definition) is 1. The molecule has 9 heteroatoms.